The molecule has 0 aliphatic carbocycles. The van der Waals surface area contributed by atoms with E-state index in [9.17, 15) is 9.59 Å². The van der Waals surface area contributed by atoms with E-state index in [0.717, 1.165) is 24.0 Å². The molecule has 4 nitrogen and oxygen atoms in total. The van der Waals surface area contributed by atoms with Crippen LogP contribution in [0.25, 0.3) is 0 Å². The van der Waals surface area contributed by atoms with E-state index in [1.807, 2.05) is 26.0 Å². The molecule has 0 aliphatic heterocycles. The normalized spacial score (nSPS) is 10.9. The number of unbranched alkanes of at least 4 members (excludes halogenated alkanes) is 14. The van der Waals surface area contributed by atoms with Crippen LogP contribution in [0.1, 0.15) is 134 Å². The Morgan fingerprint density at radius 1 is 0.647 bits per heavy atom. The van der Waals surface area contributed by atoms with Gasteiger partial charge in [0.25, 0.3) is 0 Å². The molecule has 1 aromatic rings. The third-order valence-electron chi connectivity index (χ3n) is 6.55. The van der Waals surface area contributed by atoms with Gasteiger partial charge in [-0.3, -0.25) is 9.59 Å². The lowest BCUT2D eigenvalue weighted by atomic mass is 10.0. The average Bonchev–Trinajstić information content (AvgIpc) is 2.81. The minimum Gasteiger partial charge on any atom is -0.466 e. The van der Waals surface area contributed by atoms with Crippen LogP contribution >= 0.6 is 0 Å². The van der Waals surface area contributed by atoms with Crippen molar-refractivity contribution >= 4 is 11.9 Å². The van der Waals surface area contributed by atoms with E-state index >= 15 is 0 Å². The fourth-order valence-electron chi connectivity index (χ4n) is 4.12. The molecule has 0 N–H and O–H groups in total. The molecule has 0 radical (unpaired) electrons. The highest BCUT2D eigenvalue weighted by Crippen LogP contribution is 2.21. The Balaban J connectivity index is 1.86. The first-order valence-corrected chi connectivity index (χ1v) is 14.0. The number of aryl methyl sites for hydroxylation is 1. The van der Waals surface area contributed by atoms with Crippen LogP contribution in [0.3, 0.4) is 0 Å². The van der Waals surface area contributed by atoms with Gasteiger partial charge in [-0.05, 0) is 43.9 Å². The molecule has 0 fully saturated rings. The smallest absolute Gasteiger partial charge is 0.311 e. The molecule has 0 bridgehead atoms. The van der Waals surface area contributed by atoms with Crippen molar-refractivity contribution in [2.75, 3.05) is 6.61 Å². The SMILES string of the molecule is CCCCCCCCCCCCCCCCCOC(=O)CCCC(=O)Oc1cccc(C)c1C. The second-order valence-electron chi connectivity index (χ2n) is 9.70. The van der Waals surface area contributed by atoms with Crippen molar-refractivity contribution in [2.45, 2.75) is 136 Å². The first kappa shape index (κ1) is 30.2. The molecule has 0 saturated carbocycles. The van der Waals surface area contributed by atoms with Gasteiger partial charge in [0.2, 0.25) is 0 Å². The third kappa shape index (κ3) is 15.9. The van der Waals surface area contributed by atoms with Crippen LogP contribution in [0.5, 0.6) is 5.75 Å². The first-order valence-electron chi connectivity index (χ1n) is 14.0. The van der Waals surface area contributed by atoms with E-state index in [1.54, 1.807) is 6.07 Å². The largest absolute Gasteiger partial charge is 0.466 e. The van der Waals surface area contributed by atoms with Crippen molar-refractivity contribution in [3.05, 3.63) is 29.3 Å². The highest BCUT2D eigenvalue weighted by molar-refractivity contribution is 5.74. The van der Waals surface area contributed by atoms with Gasteiger partial charge >= 0.3 is 11.9 Å². The second-order valence-corrected chi connectivity index (χ2v) is 9.70. The van der Waals surface area contributed by atoms with Crippen molar-refractivity contribution in [1.82, 2.24) is 0 Å². The lowest BCUT2D eigenvalue weighted by Gasteiger charge is -2.09. The van der Waals surface area contributed by atoms with Crippen molar-refractivity contribution in [3.63, 3.8) is 0 Å². The number of hydrogen-bond donors (Lipinski definition) is 0. The number of hydrogen-bond acceptors (Lipinski definition) is 4. The summed E-state index contributed by atoms with van der Waals surface area (Å²) in [5.41, 5.74) is 2.06. The number of esters is 2. The van der Waals surface area contributed by atoms with Gasteiger partial charge in [-0.1, -0.05) is 109 Å². The molecular weight excluding hydrogens is 424 g/mol. The van der Waals surface area contributed by atoms with E-state index < -0.39 is 0 Å². The highest BCUT2D eigenvalue weighted by Gasteiger charge is 2.10. The molecule has 0 saturated heterocycles. The summed E-state index contributed by atoms with van der Waals surface area (Å²) in [4.78, 5) is 23.9. The molecule has 0 amide bonds. The number of carbonyl (C=O) groups excluding carboxylic acids is 2. The minimum atomic E-state index is -0.302. The average molecular weight is 475 g/mol. The van der Waals surface area contributed by atoms with Gasteiger partial charge in [0.1, 0.15) is 5.75 Å². The zero-order valence-electron chi connectivity index (χ0n) is 22.3. The molecular formula is C30H50O4. The summed E-state index contributed by atoms with van der Waals surface area (Å²) in [5, 5.41) is 0. The van der Waals surface area contributed by atoms with E-state index in [0.29, 0.717) is 18.8 Å². The summed E-state index contributed by atoms with van der Waals surface area (Å²) in [6, 6.07) is 5.66. The van der Waals surface area contributed by atoms with Crippen LogP contribution < -0.4 is 4.74 Å². The molecule has 0 unspecified atom stereocenters. The van der Waals surface area contributed by atoms with Crippen molar-refractivity contribution in [2.24, 2.45) is 0 Å². The van der Waals surface area contributed by atoms with Crippen molar-refractivity contribution < 1.29 is 19.1 Å². The predicted molar refractivity (Wildman–Crippen MR) is 141 cm³/mol. The Labute approximate surface area is 209 Å². The van der Waals surface area contributed by atoms with Crippen LogP contribution in [0.2, 0.25) is 0 Å². The maximum absolute atomic E-state index is 12.0. The van der Waals surface area contributed by atoms with Gasteiger partial charge in [-0.2, -0.15) is 0 Å². The van der Waals surface area contributed by atoms with E-state index in [1.165, 1.54) is 83.5 Å². The quantitative estimate of drug-likeness (QED) is 0.101. The minimum absolute atomic E-state index is 0.218. The Kier molecular flexibility index (Phi) is 18.2. The van der Waals surface area contributed by atoms with Gasteiger partial charge < -0.3 is 9.47 Å². The van der Waals surface area contributed by atoms with E-state index in [4.69, 9.17) is 9.47 Å². The van der Waals surface area contributed by atoms with Gasteiger partial charge in [-0.25, -0.2) is 0 Å². The van der Waals surface area contributed by atoms with Crippen LogP contribution in [-0.4, -0.2) is 18.5 Å². The monoisotopic (exact) mass is 474 g/mol. The summed E-state index contributed by atoms with van der Waals surface area (Å²) in [6.45, 7) is 6.69. The van der Waals surface area contributed by atoms with Crippen LogP contribution in [0.4, 0.5) is 0 Å². The standard InChI is InChI=1S/C30H50O4/c1-4-5-6-7-8-9-10-11-12-13-14-15-16-17-18-25-33-29(31)23-20-24-30(32)34-28-22-19-21-26(2)27(28)3/h19,21-22H,4-18,20,23-25H2,1-3H3. The number of carbonyl (C=O) groups is 2. The lowest BCUT2D eigenvalue weighted by molar-refractivity contribution is -0.144. The van der Waals surface area contributed by atoms with Gasteiger partial charge in [0.15, 0.2) is 0 Å². The molecule has 1 rings (SSSR count). The van der Waals surface area contributed by atoms with Crippen LogP contribution in [-0.2, 0) is 14.3 Å². The van der Waals surface area contributed by atoms with Crippen molar-refractivity contribution in [1.29, 1.82) is 0 Å². The topological polar surface area (TPSA) is 52.6 Å². The molecule has 0 aliphatic rings. The summed E-state index contributed by atoms with van der Waals surface area (Å²) < 4.78 is 10.7. The highest BCUT2D eigenvalue weighted by atomic mass is 16.5. The molecule has 0 spiro atoms. The molecule has 0 atom stereocenters. The number of benzene rings is 1. The molecule has 34 heavy (non-hydrogen) atoms. The molecule has 4 heteroatoms. The fourth-order valence-corrected chi connectivity index (χ4v) is 4.12. The van der Waals surface area contributed by atoms with Gasteiger partial charge in [0, 0.05) is 12.8 Å². The maximum atomic E-state index is 12.0. The van der Waals surface area contributed by atoms with Gasteiger partial charge in [0.05, 0.1) is 6.61 Å². The zero-order valence-corrected chi connectivity index (χ0v) is 22.3. The Bertz CT molecular complexity index is 668. The molecule has 0 aromatic heterocycles. The summed E-state index contributed by atoms with van der Waals surface area (Å²) in [5.74, 6) is 0.0783. The molecule has 1 aromatic carbocycles. The lowest BCUT2D eigenvalue weighted by Crippen LogP contribution is -2.11. The molecule has 0 heterocycles. The van der Waals surface area contributed by atoms with Crippen molar-refractivity contribution in [3.8, 4) is 5.75 Å². The maximum Gasteiger partial charge on any atom is 0.311 e. The fraction of sp³-hybridized carbons (Fsp3) is 0.733. The summed E-state index contributed by atoms with van der Waals surface area (Å²) >= 11 is 0. The zero-order chi connectivity index (χ0) is 24.9. The van der Waals surface area contributed by atoms with Crippen LogP contribution in [0.15, 0.2) is 18.2 Å². The number of rotatable bonds is 21. The van der Waals surface area contributed by atoms with E-state index in [-0.39, 0.29) is 24.8 Å². The van der Waals surface area contributed by atoms with Crippen LogP contribution in [0, 0.1) is 13.8 Å². The number of ether oxygens (including phenoxy) is 2. The Morgan fingerprint density at radius 3 is 1.71 bits per heavy atom. The first-order chi connectivity index (χ1) is 16.5. The summed E-state index contributed by atoms with van der Waals surface area (Å²) in [7, 11) is 0. The Morgan fingerprint density at radius 2 is 1.15 bits per heavy atom. The second kappa shape index (κ2) is 20.5. The van der Waals surface area contributed by atoms with E-state index in [2.05, 4.69) is 6.92 Å². The predicted octanol–water partition coefficient (Wildman–Crippen LogP) is 8.79. The van der Waals surface area contributed by atoms with Gasteiger partial charge in [-0.15, -0.1) is 0 Å². The summed E-state index contributed by atoms with van der Waals surface area (Å²) in [6.07, 6.45) is 20.8. The third-order valence-corrected chi connectivity index (χ3v) is 6.55. The Hall–Kier alpha value is -1.84. The molecule has 194 valence electrons.